The maximum atomic E-state index is 11.8. The van der Waals surface area contributed by atoms with Crippen LogP contribution < -0.4 is 0 Å². The molecule has 0 aromatic carbocycles. The number of hydrogen-bond acceptors (Lipinski definition) is 0. The molecule has 0 aliphatic rings. The molecule has 0 radical (unpaired) electrons. The molecule has 0 atom stereocenters. The van der Waals surface area contributed by atoms with Crippen LogP contribution in [-0.2, 0) is 0 Å². The Hall–Kier alpha value is -0.470. The van der Waals surface area contributed by atoms with Crippen LogP contribution in [-0.4, -0.2) is 6.18 Å². The molecule has 0 heterocycles. The van der Waals surface area contributed by atoms with Crippen LogP contribution in [0.25, 0.3) is 0 Å². The van der Waals surface area contributed by atoms with Crippen LogP contribution in [0.5, 0.6) is 0 Å². The minimum atomic E-state index is -4.00. The summed E-state index contributed by atoms with van der Waals surface area (Å²) in [5.41, 5.74) is 1.29. The molecule has 14 heavy (non-hydrogen) atoms. The Labute approximate surface area is 84.2 Å². The second kappa shape index (κ2) is 6.91. The van der Waals surface area contributed by atoms with Crippen molar-refractivity contribution in [3.05, 3.63) is 11.6 Å². The summed E-state index contributed by atoms with van der Waals surface area (Å²) >= 11 is 0. The summed E-state index contributed by atoms with van der Waals surface area (Å²) < 4.78 is 35.4. The van der Waals surface area contributed by atoms with E-state index in [0.717, 1.165) is 19.3 Å². The number of halogens is 3. The monoisotopic (exact) mass is 208 g/mol. The molecule has 0 bridgehead atoms. The van der Waals surface area contributed by atoms with E-state index in [9.17, 15) is 13.2 Å². The second-order valence-corrected chi connectivity index (χ2v) is 3.47. The molecule has 0 N–H and O–H groups in total. The number of hydrogen-bond donors (Lipinski definition) is 0. The minimum absolute atomic E-state index is 0.219. The van der Waals surface area contributed by atoms with Crippen LogP contribution in [0.1, 0.15) is 52.4 Å². The summed E-state index contributed by atoms with van der Waals surface area (Å²) in [6, 6.07) is 0. The lowest BCUT2D eigenvalue weighted by atomic mass is 10.1. The van der Waals surface area contributed by atoms with Gasteiger partial charge in [-0.3, -0.25) is 0 Å². The number of alkyl halides is 3. The highest BCUT2D eigenvalue weighted by Gasteiger charge is 2.25. The first-order valence-electron chi connectivity index (χ1n) is 5.24. The van der Waals surface area contributed by atoms with E-state index in [1.54, 1.807) is 0 Å². The predicted molar refractivity (Wildman–Crippen MR) is 53.2 cm³/mol. The van der Waals surface area contributed by atoms with Crippen molar-refractivity contribution in [3.63, 3.8) is 0 Å². The molecule has 0 amide bonds. The lowest BCUT2D eigenvalue weighted by Gasteiger charge is -2.05. The van der Waals surface area contributed by atoms with Crippen molar-refractivity contribution in [2.45, 2.75) is 58.5 Å². The van der Waals surface area contributed by atoms with E-state index in [4.69, 9.17) is 0 Å². The van der Waals surface area contributed by atoms with Crippen molar-refractivity contribution in [1.82, 2.24) is 0 Å². The standard InChI is InChI=1S/C11H19F3/c1-3-7-10(4-2)8-5-6-9-11(12,13)14/h8H,3-7,9H2,1-2H3/b10-8-. The van der Waals surface area contributed by atoms with Gasteiger partial charge < -0.3 is 0 Å². The molecule has 0 saturated carbocycles. The molecule has 0 aliphatic carbocycles. The fourth-order valence-electron chi connectivity index (χ4n) is 1.35. The third-order valence-electron chi connectivity index (χ3n) is 2.12. The Bertz CT molecular complexity index is 168. The first-order valence-corrected chi connectivity index (χ1v) is 5.24. The fourth-order valence-corrected chi connectivity index (χ4v) is 1.35. The largest absolute Gasteiger partial charge is 0.389 e. The zero-order chi connectivity index (χ0) is 11.0. The van der Waals surface area contributed by atoms with Gasteiger partial charge in [0.25, 0.3) is 0 Å². The zero-order valence-electron chi connectivity index (χ0n) is 8.95. The van der Waals surface area contributed by atoms with Crippen LogP contribution in [0.2, 0.25) is 0 Å². The quantitative estimate of drug-likeness (QED) is 0.432. The summed E-state index contributed by atoms with van der Waals surface area (Å²) in [6.07, 6.45) is 1.13. The SMILES string of the molecule is CCC/C(=C\CCCC(F)(F)F)CC. The Morgan fingerprint density at radius 1 is 1.21 bits per heavy atom. The van der Waals surface area contributed by atoms with Gasteiger partial charge in [0.2, 0.25) is 0 Å². The molecule has 0 aliphatic heterocycles. The molecule has 3 heteroatoms. The van der Waals surface area contributed by atoms with Crippen molar-refractivity contribution in [2.24, 2.45) is 0 Å². The lowest BCUT2D eigenvalue weighted by molar-refractivity contribution is -0.135. The third-order valence-corrected chi connectivity index (χ3v) is 2.12. The molecular formula is C11H19F3. The number of rotatable bonds is 6. The van der Waals surface area contributed by atoms with E-state index in [1.807, 2.05) is 13.0 Å². The second-order valence-electron chi connectivity index (χ2n) is 3.47. The topological polar surface area (TPSA) is 0 Å². The van der Waals surface area contributed by atoms with Gasteiger partial charge in [0.15, 0.2) is 0 Å². The molecule has 84 valence electrons. The third kappa shape index (κ3) is 8.14. The van der Waals surface area contributed by atoms with Crippen LogP contribution in [0.4, 0.5) is 13.2 Å². The Morgan fingerprint density at radius 2 is 1.86 bits per heavy atom. The maximum absolute atomic E-state index is 11.8. The Balaban J connectivity index is 3.68. The highest BCUT2D eigenvalue weighted by atomic mass is 19.4. The van der Waals surface area contributed by atoms with Gasteiger partial charge in [-0.25, -0.2) is 0 Å². The predicted octanol–water partition coefficient (Wildman–Crippen LogP) is 4.86. The first kappa shape index (κ1) is 13.5. The van der Waals surface area contributed by atoms with Crippen LogP contribution in [0.3, 0.4) is 0 Å². The van der Waals surface area contributed by atoms with Gasteiger partial charge in [-0.2, -0.15) is 13.2 Å². The molecule has 0 fully saturated rings. The number of allylic oxidation sites excluding steroid dienone is 2. The first-order chi connectivity index (χ1) is 6.49. The van der Waals surface area contributed by atoms with Crippen molar-refractivity contribution in [1.29, 1.82) is 0 Å². The highest BCUT2D eigenvalue weighted by Crippen LogP contribution is 2.22. The van der Waals surface area contributed by atoms with E-state index in [2.05, 4.69) is 6.92 Å². The van der Waals surface area contributed by atoms with E-state index in [-0.39, 0.29) is 6.42 Å². The molecule has 0 saturated heterocycles. The maximum Gasteiger partial charge on any atom is 0.389 e. The van der Waals surface area contributed by atoms with E-state index in [0.29, 0.717) is 6.42 Å². The Kier molecular flexibility index (Phi) is 6.67. The van der Waals surface area contributed by atoms with Crippen molar-refractivity contribution < 1.29 is 13.2 Å². The molecular weight excluding hydrogens is 189 g/mol. The van der Waals surface area contributed by atoms with E-state index in [1.165, 1.54) is 5.57 Å². The summed E-state index contributed by atoms with van der Waals surface area (Å²) in [4.78, 5) is 0. The smallest absolute Gasteiger partial charge is 0.171 e. The van der Waals surface area contributed by atoms with E-state index < -0.39 is 12.6 Å². The average molecular weight is 208 g/mol. The van der Waals surface area contributed by atoms with Crippen molar-refractivity contribution >= 4 is 0 Å². The van der Waals surface area contributed by atoms with Gasteiger partial charge in [-0.1, -0.05) is 31.9 Å². The zero-order valence-corrected chi connectivity index (χ0v) is 8.95. The van der Waals surface area contributed by atoms with Crippen LogP contribution in [0.15, 0.2) is 11.6 Å². The summed E-state index contributed by atoms with van der Waals surface area (Å²) in [5.74, 6) is 0. The van der Waals surface area contributed by atoms with Gasteiger partial charge in [0, 0.05) is 6.42 Å². The molecule has 0 unspecified atom stereocenters. The molecule has 0 nitrogen and oxygen atoms in total. The van der Waals surface area contributed by atoms with Gasteiger partial charge in [0.1, 0.15) is 0 Å². The van der Waals surface area contributed by atoms with Crippen LogP contribution in [0, 0.1) is 0 Å². The number of unbranched alkanes of at least 4 members (excludes halogenated alkanes) is 1. The minimum Gasteiger partial charge on any atom is -0.171 e. The van der Waals surface area contributed by atoms with Crippen LogP contribution >= 0.6 is 0 Å². The normalized spacial score (nSPS) is 13.4. The lowest BCUT2D eigenvalue weighted by Crippen LogP contribution is -2.05. The summed E-state index contributed by atoms with van der Waals surface area (Å²) in [7, 11) is 0. The van der Waals surface area contributed by atoms with Crippen molar-refractivity contribution in [2.75, 3.05) is 0 Å². The van der Waals surface area contributed by atoms with Gasteiger partial charge >= 0.3 is 6.18 Å². The molecule has 0 spiro atoms. The average Bonchev–Trinajstić information content (AvgIpc) is 2.08. The fraction of sp³-hybridized carbons (Fsp3) is 0.818. The summed E-state index contributed by atoms with van der Waals surface area (Å²) in [5, 5.41) is 0. The van der Waals surface area contributed by atoms with Gasteiger partial charge in [-0.05, 0) is 25.7 Å². The van der Waals surface area contributed by atoms with Gasteiger partial charge in [0.05, 0.1) is 0 Å². The molecule has 0 aromatic rings. The highest BCUT2D eigenvalue weighted by molar-refractivity contribution is 5.00. The Morgan fingerprint density at radius 3 is 2.29 bits per heavy atom. The molecule has 0 rings (SSSR count). The van der Waals surface area contributed by atoms with Gasteiger partial charge in [-0.15, -0.1) is 0 Å². The van der Waals surface area contributed by atoms with Crippen molar-refractivity contribution in [3.8, 4) is 0 Å². The summed E-state index contributed by atoms with van der Waals surface area (Å²) in [6.45, 7) is 4.13. The molecule has 0 aromatic heterocycles. The van der Waals surface area contributed by atoms with E-state index >= 15 is 0 Å².